The Bertz CT molecular complexity index is 5910. The minimum absolute atomic E-state index is 0.0564. The number of hydrogen-bond donors (Lipinski definition) is 4. The van der Waals surface area contributed by atoms with Gasteiger partial charge in [0.1, 0.15) is 71.2 Å². The van der Waals surface area contributed by atoms with Crippen molar-refractivity contribution >= 4 is 58.3 Å². The van der Waals surface area contributed by atoms with Crippen molar-refractivity contribution in [1.29, 1.82) is 0 Å². The molecule has 3 aliphatic carbocycles. The van der Waals surface area contributed by atoms with Crippen LogP contribution in [0.2, 0.25) is 0 Å². The lowest BCUT2D eigenvalue weighted by Gasteiger charge is -2.39. The number of carbonyl (C=O) groups excluding carboxylic acids is 1. The molecule has 0 radical (unpaired) electrons. The Morgan fingerprint density at radius 3 is 1.12 bits per heavy atom. The lowest BCUT2D eigenvalue weighted by Crippen LogP contribution is -2.42. The van der Waals surface area contributed by atoms with Crippen LogP contribution in [-0.2, 0) is 35.5 Å². The van der Waals surface area contributed by atoms with E-state index in [1.54, 1.807) is 43.2 Å². The van der Waals surface area contributed by atoms with Crippen molar-refractivity contribution in [2.75, 3.05) is 67.2 Å². The summed E-state index contributed by atoms with van der Waals surface area (Å²) in [6.07, 6.45) is 22.8. The maximum atomic E-state index is 13.2. The number of carbonyl (C=O) groups is 1. The number of H-pyrrole nitrogens is 3. The number of aryl methyl sites for hydroxylation is 5. The zero-order valence-electron chi connectivity index (χ0n) is 69.9. The van der Waals surface area contributed by atoms with E-state index in [1.807, 2.05) is 69.3 Å². The van der Waals surface area contributed by atoms with Gasteiger partial charge < -0.3 is 49.6 Å². The predicted octanol–water partition coefficient (Wildman–Crippen LogP) is 17.9. The smallest absolute Gasteiger partial charge is 0.333 e. The molecular weight excluding hydrogens is 1540 g/mol. The largest absolute Gasteiger partial charge is 0.494 e. The SMILES string of the molecule is CCOc1ccc(-c2nc(C3(C)CCN(c4ncnc5c4C=C(c4ccc(C(N)=O)cc4)C5)CC3)[nH]c2C)cc1C.CCOc1ccc(-c2nc(C3(C)CCN(c4ncnc5c4C=C(c4cnn(C(F)F)c4)C5)CC3)[nH]c2C)cc1C.Cc1[nH]c(C2(C)CCN(c3ncnc4c3C=C(c3cnn(C(F)F)c3)C4)CC2)nc1-c1ccc(OC(C)F)cc1. The van der Waals surface area contributed by atoms with Crippen LogP contribution >= 0.6 is 0 Å². The second-order valence-corrected chi connectivity index (χ2v) is 33.0. The van der Waals surface area contributed by atoms with Gasteiger partial charge in [-0.15, -0.1) is 0 Å². The van der Waals surface area contributed by atoms with Crippen LogP contribution in [0, 0.1) is 34.6 Å². The summed E-state index contributed by atoms with van der Waals surface area (Å²) in [6.45, 7) is 23.5. The highest BCUT2D eigenvalue weighted by Gasteiger charge is 2.41. The molecule has 4 aromatic carbocycles. The van der Waals surface area contributed by atoms with Gasteiger partial charge in [-0.2, -0.15) is 27.8 Å². The number of nitrogens with two attached hydrogens (primary N) is 1. The summed E-state index contributed by atoms with van der Waals surface area (Å²) in [5.41, 5.74) is 28.2. The summed E-state index contributed by atoms with van der Waals surface area (Å²) < 4.78 is 83.1. The normalized spacial score (nSPS) is 16.5. The van der Waals surface area contributed by atoms with E-state index in [9.17, 15) is 26.7 Å². The van der Waals surface area contributed by atoms with Gasteiger partial charge in [0.05, 0.1) is 59.8 Å². The molecule has 626 valence electrons. The van der Waals surface area contributed by atoms with Crippen molar-refractivity contribution in [1.82, 2.24) is 79.4 Å². The Morgan fingerprint density at radius 1 is 0.463 bits per heavy atom. The number of primary amides is 1. The second kappa shape index (κ2) is 33.8. The Hall–Kier alpha value is -12.7. The maximum absolute atomic E-state index is 13.2. The number of hydrogen-bond acceptors (Lipinski definition) is 18. The zero-order valence-corrected chi connectivity index (χ0v) is 69.9. The number of aromatic nitrogens is 16. The number of imidazole rings is 3. The molecule has 1 amide bonds. The number of rotatable bonds is 21. The third kappa shape index (κ3) is 16.9. The van der Waals surface area contributed by atoms with E-state index >= 15 is 0 Å². The van der Waals surface area contributed by atoms with Gasteiger partial charge >= 0.3 is 13.1 Å². The molecule has 24 nitrogen and oxygen atoms in total. The molecular formula is C92H99F5N20O4. The fourth-order valence-corrected chi connectivity index (χ4v) is 17.3. The lowest BCUT2D eigenvalue weighted by atomic mass is 9.79. The van der Waals surface area contributed by atoms with Crippen LogP contribution in [0.1, 0.15) is 200 Å². The highest BCUT2D eigenvalue weighted by molar-refractivity contribution is 5.96. The number of ether oxygens (including phenoxy) is 3. The number of nitrogens with one attached hydrogen (secondary N) is 3. The number of aromatic amines is 3. The van der Waals surface area contributed by atoms with Crippen LogP contribution in [0.4, 0.5) is 39.4 Å². The number of fused-ring (bicyclic) bond motifs is 3. The van der Waals surface area contributed by atoms with Crippen molar-refractivity contribution in [2.24, 2.45) is 5.73 Å². The van der Waals surface area contributed by atoms with E-state index in [4.69, 9.17) is 39.9 Å². The Morgan fingerprint density at radius 2 is 0.802 bits per heavy atom. The third-order valence-corrected chi connectivity index (χ3v) is 24.5. The van der Waals surface area contributed by atoms with Crippen molar-refractivity contribution < 1.29 is 41.0 Å². The predicted molar refractivity (Wildman–Crippen MR) is 458 cm³/mol. The molecule has 8 aromatic heterocycles. The van der Waals surface area contributed by atoms with E-state index in [-0.39, 0.29) is 16.2 Å². The Kier molecular flexibility index (Phi) is 22.9. The van der Waals surface area contributed by atoms with E-state index in [0.717, 1.165) is 243 Å². The Balaban J connectivity index is 0.000000135. The molecule has 0 bridgehead atoms. The quantitative estimate of drug-likeness (QED) is 0.0486. The number of allylic oxidation sites excluding steroid dienone is 3. The minimum Gasteiger partial charge on any atom is -0.494 e. The summed E-state index contributed by atoms with van der Waals surface area (Å²) in [7, 11) is 0. The molecule has 18 rings (SSSR count). The number of alkyl halides is 5. The van der Waals surface area contributed by atoms with Crippen molar-refractivity contribution in [3.63, 3.8) is 0 Å². The molecule has 29 heteroatoms. The number of nitrogens with zero attached hydrogens (tertiary/aromatic N) is 16. The van der Waals surface area contributed by atoms with Gasteiger partial charge in [-0.05, 0) is 211 Å². The van der Waals surface area contributed by atoms with E-state index < -0.39 is 25.4 Å². The number of halogens is 5. The molecule has 6 aliphatic rings. The lowest BCUT2D eigenvalue weighted by molar-refractivity contribution is 0.0561. The number of benzene rings is 4. The molecule has 3 fully saturated rings. The van der Waals surface area contributed by atoms with Crippen molar-refractivity contribution in [3.8, 4) is 51.0 Å². The Labute approximate surface area is 699 Å². The van der Waals surface area contributed by atoms with Crippen LogP contribution in [0.25, 0.3) is 68.7 Å². The summed E-state index contributed by atoms with van der Waals surface area (Å²) in [5, 5.41) is 7.56. The fraction of sp³-hybridized carbons (Fsp3) is 0.370. The minimum atomic E-state index is -2.67. The summed E-state index contributed by atoms with van der Waals surface area (Å²) >= 11 is 0. The van der Waals surface area contributed by atoms with Gasteiger partial charge in [0.25, 0.3) is 0 Å². The van der Waals surface area contributed by atoms with Crippen molar-refractivity contribution in [2.45, 2.75) is 170 Å². The van der Waals surface area contributed by atoms with Gasteiger partial charge in [-0.1, -0.05) is 32.9 Å². The molecule has 1 atom stereocenters. The van der Waals surface area contributed by atoms with Crippen molar-refractivity contribution in [3.05, 3.63) is 230 Å². The third-order valence-electron chi connectivity index (χ3n) is 24.5. The first-order valence-corrected chi connectivity index (χ1v) is 41.2. The van der Waals surface area contributed by atoms with E-state index in [2.05, 4.69) is 144 Å². The number of amides is 1. The number of piperidine rings is 3. The van der Waals surface area contributed by atoms with E-state index in [1.165, 1.54) is 37.3 Å². The van der Waals surface area contributed by atoms with Gasteiger partial charge in [0.2, 0.25) is 12.3 Å². The highest BCUT2D eigenvalue weighted by Crippen LogP contribution is 2.46. The molecule has 5 N–H and O–H groups in total. The first-order chi connectivity index (χ1) is 58.2. The summed E-state index contributed by atoms with van der Waals surface area (Å²) in [5.74, 6) is 7.64. The number of anilines is 3. The van der Waals surface area contributed by atoms with Crippen LogP contribution < -0.4 is 34.6 Å². The molecule has 0 spiro atoms. The molecule has 3 aliphatic heterocycles. The monoisotopic (exact) mass is 1640 g/mol. The zero-order chi connectivity index (χ0) is 84.8. The first kappa shape index (κ1) is 82.0. The highest BCUT2D eigenvalue weighted by atomic mass is 19.3. The average Bonchev–Trinajstić information content (AvgIpc) is 1.67. The molecule has 0 saturated carbocycles. The van der Waals surface area contributed by atoms with Gasteiger partial charge in [-0.3, -0.25) is 4.79 Å². The molecule has 3 saturated heterocycles. The topological polar surface area (TPSA) is 280 Å². The van der Waals surface area contributed by atoms with Gasteiger partial charge in [0, 0.05) is 161 Å². The fourth-order valence-electron chi connectivity index (χ4n) is 17.3. The molecule has 12 aromatic rings. The van der Waals surface area contributed by atoms with Crippen LogP contribution in [0.3, 0.4) is 0 Å². The van der Waals surface area contributed by atoms with Crippen LogP contribution in [-0.4, -0.2) is 144 Å². The van der Waals surface area contributed by atoms with E-state index in [0.29, 0.717) is 57.9 Å². The summed E-state index contributed by atoms with van der Waals surface area (Å²) in [6, 6.07) is 27.3. The molecule has 121 heavy (non-hydrogen) atoms. The first-order valence-electron chi connectivity index (χ1n) is 41.2. The molecule has 1 unspecified atom stereocenters. The maximum Gasteiger partial charge on any atom is 0.333 e. The van der Waals surface area contributed by atoms with Gasteiger partial charge in [0.15, 0.2) is 0 Å². The average molecular weight is 1640 g/mol. The van der Waals surface area contributed by atoms with Crippen LogP contribution in [0.5, 0.6) is 17.2 Å². The molecule has 11 heterocycles. The standard InChI is InChI=1S/C33H36N6O2.C30H33F2N7O.C29H30F3N7O/c1-5-41-28-11-10-24(16-20(28)2)29-21(3)37-32(38-29)33(4)12-14-39(15-13-33)31-26-17-25(18-27(26)35-19-36-31)22-6-8-23(9-7-22)30(34)40;1-5-40-25-7-6-20(12-18(25)2)26-19(3)36-28(37-26)30(4)8-10-38(11-9-30)27-23-13-21(14-24(23)33-17-34-27)22-15-35-39(16-22)29(31)32;1-17-25(19-4-6-22(7-5-19)40-18(2)30)37-27(36-17)29(3)8-10-38(11-9-29)26-23-12-20(13-24(23)33-16-34-26)21-14-35-39(15-21)28(31)32/h6-11,16-17,19H,5,12-15,18H2,1-4H3,(H2,34,40)(H,37,38);6-7,12-13,15-17,29H,5,8-11,14H2,1-4H3,(H,36,37);4-7,12,14-16,18,28H,8-11,13H2,1-3H3,(H,36,37). The van der Waals surface area contributed by atoms with Gasteiger partial charge in [-0.25, -0.2) is 58.6 Å². The van der Waals surface area contributed by atoms with Crippen LogP contribution in [0.15, 0.2) is 129 Å². The second-order valence-electron chi connectivity index (χ2n) is 33.0. The summed E-state index contributed by atoms with van der Waals surface area (Å²) in [4.78, 5) is 71.9.